The standard InChI is InChI=1S/C27H22N2/c1-18(2)28-24-14-8-6-12-20(24)22-16-23-21-13-7-9-15-25(21)29(27(23)17-26(22)28)19-10-4-3-5-11-19/h3-18H,1-2H3. The fourth-order valence-corrected chi connectivity index (χ4v) is 4.87. The van der Waals surface area contributed by atoms with E-state index < -0.39 is 0 Å². The van der Waals surface area contributed by atoms with Gasteiger partial charge in [0.2, 0.25) is 0 Å². The monoisotopic (exact) mass is 374 g/mol. The first kappa shape index (κ1) is 16.4. The molecule has 0 radical (unpaired) electrons. The Morgan fingerprint density at radius 1 is 0.517 bits per heavy atom. The number of hydrogen-bond donors (Lipinski definition) is 0. The summed E-state index contributed by atoms with van der Waals surface area (Å²) < 4.78 is 4.86. The third-order valence-electron chi connectivity index (χ3n) is 6.03. The van der Waals surface area contributed by atoms with Crippen LogP contribution in [-0.2, 0) is 0 Å². The van der Waals surface area contributed by atoms with Gasteiger partial charge in [0.15, 0.2) is 0 Å². The number of para-hydroxylation sites is 3. The van der Waals surface area contributed by atoms with Crippen LogP contribution in [0.4, 0.5) is 0 Å². The summed E-state index contributed by atoms with van der Waals surface area (Å²) in [5, 5.41) is 5.27. The van der Waals surface area contributed by atoms with E-state index in [0.29, 0.717) is 6.04 Å². The SMILES string of the molecule is CC(C)n1c2ccccc2c2cc3c4ccccc4n(-c4ccccc4)c3cc21. The summed E-state index contributed by atoms with van der Waals surface area (Å²) in [5.74, 6) is 0. The van der Waals surface area contributed by atoms with E-state index in [-0.39, 0.29) is 0 Å². The average molecular weight is 374 g/mol. The van der Waals surface area contributed by atoms with Crippen molar-refractivity contribution in [2.75, 3.05) is 0 Å². The minimum absolute atomic E-state index is 0.393. The Labute approximate surface area is 169 Å². The van der Waals surface area contributed by atoms with E-state index in [1.165, 1.54) is 49.3 Å². The minimum Gasteiger partial charge on any atom is -0.338 e. The summed E-state index contributed by atoms with van der Waals surface area (Å²) in [7, 11) is 0. The molecule has 0 aliphatic rings. The molecule has 0 aliphatic carbocycles. The molecule has 0 N–H and O–H groups in total. The van der Waals surface area contributed by atoms with Gasteiger partial charge in [-0.3, -0.25) is 0 Å². The highest BCUT2D eigenvalue weighted by Gasteiger charge is 2.18. The molecule has 2 nitrogen and oxygen atoms in total. The summed E-state index contributed by atoms with van der Waals surface area (Å²) in [5.41, 5.74) is 6.32. The Balaban J connectivity index is 1.87. The zero-order valence-corrected chi connectivity index (χ0v) is 16.6. The summed E-state index contributed by atoms with van der Waals surface area (Å²) >= 11 is 0. The molecule has 6 rings (SSSR count). The fourth-order valence-electron chi connectivity index (χ4n) is 4.87. The van der Waals surface area contributed by atoms with Crippen LogP contribution in [0.2, 0.25) is 0 Å². The minimum atomic E-state index is 0.393. The summed E-state index contributed by atoms with van der Waals surface area (Å²) in [4.78, 5) is 0. The van der Waals surface area contributed by atoms with Crippen LogP contribution in [0, 0.1) is 0 Å². The second-order valence-electron chi connectivity index (χ2n) is 8.06. The van der Waals surface area contributed by atoms with Crippen molar-refractivity contribution in [3.63, 3.8) is 0 Å². The number of hydrogen-bond acceptors (Lipinski definition) is 0. The molecule has 4 aromatic carbocycles. The van der Waals surface area contributed by atoms with Crippen LogP contribution in [0.25, 0.3) is 49.3 Å². The van der Waals surface area contributed by atoms with Crippen LogP contribution in [0.15, 0.2) is 91.0 Å². The van der Waals surface area contributed by atoms with E-state index in [2.05, 4.69) is 114 Å². The van der Waals surface area contributed by atoms with Gasteiger partial charge in [-0.25, -0.2) is 0 Å². The summed E-state index contributed by atoms with van der Waals surface area (Å²) in [6.07, 6.45) is 0. The molecule has 0 bridgehead atoms. The van der Waals surface area contributed by atoms with E-state index in [4.69, 9.17) is 0 Å². The molecule has 2 heterocycles. The first-order chi connectivity index (χ1) is 14.2. The smallest absolute Gasteiger partial charge is 0.0562 e. The highest BCUT2D eigenvalue weighted by atomic mass is 15.0. The van der Waals surface area contributed by atoms with Gasteiger partial charge >= 0.3 is 0 Å². The van der Waals surface area contributed by atoms with Crippen LogP contribution in [0.3, 0.4) is 0 Å². The van der Waals surface area contributed by atoms with Crippen LogP contribution in [0.5, 0.6) is 0 Å². The van der Waals surface area contributed by atoms with Gasteiger partial charge in [-0.05, 0) is 50.2 Å². The van der Waals surface area contributed by atoms with Gasteiger partial charge in [0.05, 0.1) is 16.6 Å². The Kier molecular flexibility index (Phi) is 3.39. The predicted octanol–water partition coefficient (Wildman–Crippen LogP) is 7.47. The second-order valence-corrected chi connectivity index (χ2v) is 8.06. The molecule has 140 valence electrons. The molecule has 29 heavy (non-hydrogen) atoms. The van der Waals surface area contributed by atoms with E-state index >= 15 is 0 Å². The number of benzene rings is 4. The van der Waals surface area contributed by atoms with Gasteiger partial charge in [-0.2, -0.15) is 0 Å². The molecule has 6 aromatic rings. The van der Waals surface area contributed by atoms with E-state index in [0.717, 1.165) is 0 Å². The Hall–Kier alpha value is -3.52. The van der Waals surface area contributed by atoms with Gasteiger partial charge in [0, 0.05) is 38.8 Å². The lowest BCUT2D eigenvalue weighted by atomic mass is 10.1. The number of aromatic nitrogens is 2. The van der Waals surface area contributed by atoms with Crippen molar-refractivity contribution in [1.82, 2.24) is 9.13 Å². The van der Waals surface area contributed by atoms with Crippen LogP contribution in [-0.4, -0.2) is 9.13 Å². The normalized spacial score (nSPS) is 12.1. The Morgan fingerprint density at radius 3 is 1.83 bits per heavy atom. The molecular formula is C27H22N2. The Bertz CT molecular complexity index is 1510. The lowest BCUT2D eigenvalue weighted by Gasteiger charge is -2.12. The fraction of sp³-hybridized carbons (Fsp3) is 0.111. The second kappa shape index (κ2) is 5.99. The summed E-state index contributed by atoms with van der Waals surface area (Å²) in [6, 6.07) is 33.4. The third kappa shape index (κ3) is 2.23. The number of nitrogens with zero attached hydrogens (tertiary/aromatic N) is 2. The van der Waals surface area contributed by atoms with Crippen molar-refractivity contribution in [3.8, 4) is 5.69 Å². The molecular weight excluding hydrogens is 352 g/mol. The molecule has 0 unspecified atom stereocenters. The van der Waals surface area contributed by atoms with Crippen molar-refractivity contribution in [2.24, 2.45) is 0 Å². The third-order valence-corrected chi connectivity index (χ3v) is 6.03. The van der Waals surface area contributed by atoms with E-state index in [9.17, 15) is 0 Å². The quantitative estimate of drug-likeness (QED) is 0.297. The molecule has 0 aliphatic heterocycles. The van der Waals surface area contributed by atoms with Crippen LogP contribution < -0.4 is 0 Å². The molecule has 0 spiro atoms. The van der Waals surface area contributed by atoms with E-state index in [1.807, 2.05) is 0 Å². The number of fused-ring (bicyclic) bond motifs is 6. The highest BCUT2D eigenvalue weighted by Crippen LogP contribution is 2.39. The van der Waals surface area contributed by atoms with Gasteiger partial charge in [-0.15, -0.1) is 0 Å². The van der Waals surface area contributed by atoms with Crippen molar-refractivity contribution in [3.05, 3.63) is 91.0 Å². The average Bonchev–Trinajstić information content (AvgIpc) is 3.25. The molecule has 0 atom stereocenters. The lowest BCUT2D eigenvalue weighted by molar-refractivity contribution is 0.642. The van der Waals surface area contributed by atoms with Crippen molar-refractivity contribution < 1.29 is 0 Å². The molecule has 0 saturated heterocycles. The maximum atomic E-state index is 2.47. The largest absolute Gasteiger partial charge is 0.338 e. The maximum absolute atomic E-state index is 2.47. The highest BCUT2D eigenvalue weighted by molar-refractivity contribution is 6.18. The topological polar surface area (TPSA) is 9.86 Å². The van der Waals surface area contributed by atoms with E-state index in [1.54, 1.807) is 0 Å². The zero-order valence-electron chi connectivity index (χ0n) is 16.6. The van der Waals surface area contributed by atoms with Gasteiger partial charge < -0.3 is 9.13 Å². The first-order valence-electron chi connectivity index (χ1n) is 10.3. The van der Waals surface area contributed by atoms with Gasteiger partial charge in [-0.1, -0.05) is 54.6 Å². The van der Waals surface area contributed by atoms with Crippen molar-refractivity contribution in [2.45, 2.75) is 19.9 Å². The van der Waals surface area contributed by atoms with Crippen molar-refractivity contribution in [1.29, 1.82) is 0 Å². The Morgan fingerprint density at radius 2 is 1.10 bits per heavy atom. The molecule has 0 fully saturated rings. The first-order valence-corrected chi connectivity index (χ1v) is 10.3. The molecule has 2 aromatic heterocycles. The maximum Gasteiger partial charge on any atom is 0.0562 e. The van der Waals surface area contributed by atoms with Crippen LogP contribution >= 0.6 is 0 Å². The van der Waals surface area contributed by atoms with Gasteiger partial charge in [0.25, 0.3) is 0 Å². The van der Waals surface area contributed by atoms with Gasteiger partial charge in [0.1, 0.15) is 0 Å². The molecule has 2 heteroatoms. The summed E-state index contributed by atoms with van der Waals surface area (Å²) in [6.45, 7) is 4.53. The van der Waals surface area contributed by atoms with Crippen LogP contribution in [0.1, 0.15) is 19.9 Å². The van der Waals surface area contributed by atoms with Crippen molar-refractivity contribution >= 4 is 43.6 Å². The predicted molar refractivity (Wildman–Crippen MR) is 124 cm³/mol. The zero-order chi connectivity index (χ0) is 19.5. The lowest BCUT2D eigenvalue weighted by Crippen LogP contribution is -2.00. The molecule has 0 saturated carbocycles. The number of rotatable bonds is 2. The molecule has 0 amide bonds.